The molecule has 1 fully saturated rings. The number of nitrogens with one attached hydrogen (secondary N) is 6. The van der Waals surface area contributed by atoms with E-state index in [9.17, 15) is 29.1 Å². The number of aromatic amines is 2. The van der Waals surface area contributed by atoms with Gasteiger partial charge in [-0.15, -0.1) is 0 Å². The molecule has 0 aromatic carbocycles. The maximum absolute atomic E-state index is 13.2. The second-order valence-corrected chi connectivity index (χ2v) is 8.67. The minimum absolute atomic E-state index is 0.0578. The Kier molecular flexibility index (Phi) is 9.71. The molecular formula is C22H30N8O7. The third kappa shape index (κ3) is 8.42. The van der Waals surface area contributed by atoms with Crippen molar-refractivity contribution in [2.24, 2.45) is 0 Å². The van der Waals surface area contributed by atoms with Gasteiger partial charge in [0, 0.05) is 43.0 Å². The first-order valence-electron chi connectivity index (χ1n) is 11.8. The second-order valence-electron chi connectivity index (χ2n) is 8.67. The summed E-state index contributed by atoms with van der Waals surface area (Å²) in [6.07, 6.45) is 6.29. The van der Waals surface area contributed by atoms with Crippen molar-refractivity contribution in [2.45, 2.75) is 62.7 Å². The first kappa shape index (κ1) is 27.3. The van der Waals surface area contributed by atoms with E-state index in [4.69, 9.17) is 5.11 Å². The molecule has 4 unspecified atom stereocenters. The van der Waals surface area contributed by atoms with Crippen LogP contribution in [0.4, 0.5) is 0 Å². The number of imidazole rings is 2. The molecule has 15 nitrogen and oxygen atoms in total. The fourth-order valence-electron chi connectivity index (χ4n) is 3.90. The molecule has 4 atom stereocenters. The molecule has 3 rings (SSSR count). The third-order valence-electron chi connectivity index (χ3n) is 5.86. The molecule has 0 radical (unpaired) electrons. The summed E-state index contributed by atoms with van der Waals surface area (Å²) in [6.45, 7) is 0.653. The van der Waals surface area contributed by atoms with Gasteiger partial charge in [0.05, 0.1) is 18.7 Å². The van der Waals surface area contributed by atoms with Gasteiger partial charge in [0.2, 0.25) is 17.7 Å². The smallest absolute Gasteiger partial charge is 0.326 e. The topological polar surface area (TPSA) is 231 Å². The average molecular weight is 519 g/mol. The summed E-state index contributed by atoms with van der Waals surface area (Å²) in [4.78, 5) is 75.1. The lowest BCUT2D eigenvalue weighted by Gasteiger charge is -2.25. The van der Waals surface area contributed by atoms with Crippen LogP contribution in [0.2, 0.25) is 0 Å². The van der Waals surface area contributed by atoms with Crippen molar-refractivity contribution in [1.29, 1.82) is 0 Å². The SMILES string of the molecule is O=C(O)CCC(NC(=O)C1CCCN1)C(=O)NC(Cc1cnc[nH]1)C(=O)NC(Cc1cnc[nH]1)C(=O)O. The largest absolute Gasteiger partial charge is 0.481 e. The van der Waals surface area contributed by atoms with Crippen molar-refractivity contribution in [1.82, 2.24) is 41.2 Å². The minimum Gasteiger partial charge on any atom is -0.481 e. The lowest BCUT2D eigenvalue weighted by molar-refractivity contribution is -0.142. The van der Waals surface area contributed by atoms with E-state index in [1.165, 1.54) is 25.0 Å². The number of carbonyl (C=O) groups is 5. The maximum Gasteiger partial charge on any atom is 0.326 e. The van der Waals surface area contributed by atoms with Crippen LogP contribution < -0.4 is 21.3 Å². The number of aliphatic carboxylic acids is 2. The number of carboxylic acid groups (broad SMARTS) is 2. The van der Waals surface area contributed by atoms with E-state index in [1.807, 2.05) is 0 Å². The molecule has 3 heterocycles. The minimum atomic E-state index is -1.31. The van der Waals surface area contributed by atoms with Crippen LogP contribution in [0, 0.1) is 0 Å². The summed E-state index contributed by atoms with van der Waals surface area (Å²) >= 11 is 0. The zero-order chi connectivity index (χ0) is 26.8. The quantitative estimate of drug-likeness (QED) is 0.138. The molecule has 1 aliphatic rings. The van der Waals surface area contributed by atoms with Gasteiger partial charge in [0.15, 0.2) is 0 Å². The number of hydrogen-bond acceptors (Lipinski definition) is 8. The number of nitrogens with zero attached hydrogens (tertiary/aromatic N) is 2. The van der Waals surface area contributed by atoms with Crippen molar-refractivity contribution in [3.05, 3.63) is 36.4 Å². The van der Waals surface area contributed by atoms with Crippen LogP contribution in [-0.4, -0.2) is 90.5 Å². The number of rotatable bonds is 14. The highest BCUT2D eigenvalue weighted by molar-refractivity contribution is 5.94. The van der Waals surface area contributed by atoms with Crippen LogP contribution in [0.25, 0.3) is 0 Å². The Hall–Kier alpha value is -4.27. The lowest BCUT2D eigenvalue weighted by atomic mass is 10.1. The average Bonchev–Trinajstić information content (AvgIpc) is 3.64. The molecule has 37 heavy (non-hydrogen) atoms. The van der Waals surface area contributed by atoms with Crippen LogP contribution in [0.15, 0.2) is 25.0 Å². The summed E-state index contributed by atoms with van der Waals surface area (Å²) in [5.74, 6) is -4.43. The Morgan fingerprint density at radius 1 is 0.892 bits per heavy atom. The molecule has 0 spiro atoms. The fraction of sp³-hybridized carbons (Fsp3) is 0.500. The molecule has 1 aliphatic heterocycles. The standard InChI is InChI=1S/C22H30N8O7/c31-18(32)4-3-15(28-19(33)14-2-1-5-25-14)20(34)29-16(6-12-8-23-10-26-12)21(35)30-17(22(36)37)7-13-9-24-11-27-13/h8-11,14-17,25H,1-7H2,(H,23,26)(H,24,27)(H,28,33)(H,29,34)(H,30,35)(H,31,32)(H,36,37). The van der Waals surface area contributed by atoms with Gasteiger partial charge in [-0.1, -0.05) is 0 Å². The summed E-state index contributed by atoms with van der Waals surface area (Å²) in [5, 5.41) is 29.2. The van der Waals surface area contributed by atoms with Gasteiger partial charge in [-0.05, 0) is 25.8 Å². The molecule has 2 aromatic rings. The maximum atomic E-state index is 13.2. The van der Waals surface area contributed by atoms with Crippen molar-refractivity contribution < 1.29 is 34.2 Å². The van der Waals surface area contributed by atoms with E-state index >= 15 is 0 Å². The second kappa shape index (κ2) is 13.2. The summed E-state index contributed by atoms with van der Waals surface area (Å²) < 4.78 is 0. The van der Waals surface area contributed by atoms with Crippen LogP contribution in [0.1, 0.15) is 37.1 Å². The Morgan fingerprint density at radius 3 is 2.00 bits per heavy atom. The third-order valence-corrected chi connectivity index (χ3v) is 5.86. The summed E-state index contributed by atoms with van der Waals surface area (Å²) in [7, 11) is 0. The van der Waals surface area contributed by atoms with E-state index in [0.29, 0.717) is 24.4 Å². The first-order valence-corrected chi connectivity index (χ1v) is 11.8. The van der Waals surface area contributed by atoms with Crippen molar-refractivity contribution >= 4 is 29.7 Å². The van der Waals surface area contributed by atoms with E-state index in [2.05, 4.69) is 41.2 Å². The van der Waals surface area contributed by atoms with Crippen molar-refractivity contribution in [3.8, 4) is 0 Å². The normalized spacial score (nSPS) is 17.4. The van der Waals surface area contributed by atoms with Crippen LogP contribution in [0.3, 0.4) is 0 Å². The van der Waals surface area contributed by atoms with Gasteiger partial charge in [-0.25, -0.2) is 14.8 Å². The van der Waals surface area contributed by atoms with E-state index in [0.717, 1.165) is 6.42 Å². The molecule has 8 N–H and O–H groups in total. The molecular weight excluding hydrogens is 488 g/mol. The molecule has 0 saturated carbocycles. The monoisotopic (exact) mass is 518 g/mol. The van der Waals surface area contributed by atoms with Gasteiger partial charge < -0.3 is 41.4 Å². The molecule has 3 amide bonds. The van der Waals surface area contributed by atoms with Gasteiger partial charge in [-0.2, -0.15) is 0 Å². The number of amides is 3. The molecule has 1 saturated heterocycles. The Balaban J connectivity index is 1.73. The first-order chi connectivity index (χ1) is 17.7. The number of carbonyl (C=O) groups excluding carboxylic acids is 3. The highest BCUT2D eigenvalue weighted by Gasteiger charge is 2.32. The van der Waals surface area contributed by atoms with Gasteiger partial charge >= 0.3 is 11.9 Å². The van der Waals surface area contributed by atoms with Crippen LogP contribution in [0.5, 0.6) is 0 Å². The number of aromatic nitrogens is 4. The Bertz CT molecular complexity index is 1070. The number of carboxylic acids is 2. The predicted molar refractivity (Wildman–Crippen MR) is 126 cm³/mol. The van der Waals surface area contributed by atoms with Crippen LogP contribution in [-0.2, 0) is 36.8 Å². The van der Waals surface area contributed by atoms with Gasteiger partial charge in [0.25, 0.3) is 0 Å². The van der Waals surface area contributed by atoms with E-state index < -0.39 is 53.8 Å². The highest BCUT2D eigenvalue weighted by Crippen LogP contribution is 2.08. The van der Waals surface area contributed by atoms with E-state index in [-0.39, 0.29) is 25.7 Å². The number of hydrogen-bond donors (Lipinski definition) is 8. The number of H-pyrrole nitrogens is 2. The van der Waals surface area contributed by atoms with Crippen molar-refractivity contribution in [3.63, 3.8) is 0 Å². The summed E-state index contributed by atoms with van der Waals surface area (Å²) in [5.41, 5.74) is 0.973. The summed E-state index contributed by atoms with van der Waals surface area (Å²) in [6, 6.07) is -4.28. The highest BCUT2D eigenvalue weighted by atomic mass is 16.4. The van der Waals surface area contributed by atoms with Gasteiger partial charge in [-0.3, -0.25) is 19.2 Å². The van der Waals surface area contributed by atoms with Crippen LogP contribution >= 0.6 is 0 Å². The molecule has 15 heteroatoms. The van der Waals surface area contributed by atoms with Crippen molar-refractivity contribution in [2.75, 3.05) is 6.54 Å². The fourth-order valence-corrected chi connectivity index (χ4v) is 3.90. The van der Waals surface area contributed by atoms with Gasteiger partial charge in [0.1, 0.15) is 18.1 Å². The molecule has 200 valence electrons. The molecule has 2 aromatic heterocycles. The Morgan fingerprint density at radius 2 is 1.49 bits per heavy atom. The molecule has 0 bridgehead atoms. The van der Waals surface area contributed by atoms with E-state index in [1.54, 1.807) is 0 Å². The zero-order valence-electron chi connectivity index (χ0n) is 19.9. The zero-order valence-corrected chi connectivity index (χ0v) is 19.9. The Labute approximate surface area is 211 Å². The predicted octanol–water partition coefficient (Wildman–Crippen LogP) is -1.93. The molecule has 0 aliphatic carbocycles. The lowest BCUT2D eigenvalue weighted by Crippen LogP contribution is -2.57.